The van der Waals surface area contributed by atoms with Gasteiger partial charge in [-0.2, -0.15) is 0 Å². The van der Waals surface area contributed by atoms with Crippen molar-refractivity contribution >= 4 is 6.08 Å². The van der Waals surface area contributed by atoms with Crippen LogP contribution in [-0.2, 0) is 5.41 Å². The van der Waals surface area contributed by atoms with E-state index < -0.39 is 0 Å². The zero-order chi connectivity index (χ0) is 16.9. The van der Waals surface area contributed by atoms with Gasteiger partial charge in [0.05, 0.1) is 5.69 Å². The maximum Gasteiger partial charge on any atom is 0.0705 e. The van der Waals surface area contributed by atoms with Crippen molar-refractivity contribution in [1.82, 2.24) is 4.98 Å². The molecule has 0 spiro atoms. The molecule has 2 aromatic carbocycles. The average Bonchev–Trinajstić information content (AvgIpc) is 2.83. The summed E-state index contributed by atoms with van der Waals surface area (Å²) in [5.74, 6) is 0. The van der Waals surface area contributed by atoms with E-state index in [4.69, 9.17) is 4.98 Å². The fourth-order valence-electron chi connectivity index (χ4n) is 3.81. The molecule has 0 saturated carbocycles. The molecule has 0 amide bonds. The highest BCUT2D eigenvalue weighted by atomic mass is 14.7. The van der Waals surface area contributed by atoms with Gasteiger partial charge in [-0.3, -0.25) is 4.98 Å². The predicted octanol–water partition coefficient (Wildman–Crippen LogP) is 6.01. The van der Waals surface area contributed by atoms with Crippen LogP contribution in [0.2, 0.25) is 0 Å². The van der Waals surface area contributed by atoms with Crippen molar-refractivity contribution < 1.29 is 0 Å². The summed E-state index contributed by atoms with van der Waals surface area (Å²) in [4.78, 5) is 4.77. The Morgan fingerprint density at radius 3 is 2.42 bits per heavy atom. The largest absolute Gasteiger partial charge is 0.253 e. The molecule has 0 atom stereocenters. The van der Waals surface area contributed by atoms with E-state index in [1.54, 1.807) is 0 Å². The van der Waals surface area contributed by atoms with E-state index in [1.165, 1.54) is 27.8 Å². The summed E-state index contributed by atoms with van der Waals surface area (Å²) in [7, 11) is 0. The lowest BCUT2D eigenvalue weighted by Crippen LogP contribution is -2.14. The van der Waals surface area contributed by atoms with E-state index in [-0.39, 0.29) is 5.41 Å². The molecule has 1 heterocycles. The number of hydrogen-bond acceptors (Lipinski definition) is 1. The van der Waals surface area contributed by atoms with Crippen LogP contribution in [0.5, 0.6) is 0 Å². The van der Waals surface area contributed by atoms with Crippen LogP contribution >= 0.6 is 0 Å². The van der Waals surface area contributed by atoms with E-state index in [0.717, 1.165) is 17.0 Å². The number of benzene rings is 2. The molecular formula is C23H21N. The van der Waals surface area contributed by atoms with Gasteiger partial charge in [-0.05, 0) is 46.9 Å². The SMILES string of the molecule is C=Cc1ccc(-c2ccc3c(c2)C(C)(C)c2ccccc2-3)nc1C. The minimum absolute atomic E-state index is 0.0258. The number of aryl methyl sites for hydroxylation is 1. The molecule has 1 aliphatic carbocycles. The highest BCUT2D eigenvalue weighted by molar-refractivity contribution is 5.83. The van der Waals surface area contributed by atoms with Crippen LogP contribution in [0.25, 0.3) is 28.5 Å². The minimum atomic E-state index is 0.0258. The van der Waals surface area contributed by atoms with Crippen molar-refractivity contribution in [3.05, 3.63) is 83.6 Å². The molecule has 0 N–H and O–H groups in total. The van der Waals surface area contributed by atoms with Gasteiger partial charge in [0.15, 0.2) is 0 Å². The number of nitrogens with zero attached hydrogens (tertiary/aromatic N) is 1. The molecule has 0 radical (unpaired) electrons. The Morgan fingerprint density at radius 1 is 0.917 bits per heavy atom. The zero-order valence-corrected chi connectivity index (χ0v) is 14.4. The fraction of sp³-hybridized carbons (Fsp3) is 0.174. The van der Waals surface area contributed by atoms with E-state index in [1.807, 2.05) is 13.0 Å². The third kappa shape index (κ3) is 2.05. The lowest BCUT2D eigenvalue weighted by molar-refractivity contribution is 0.660. The van der Waals surface area contributed by atoms with E-state index in [0.29, 0.717) is 0 Å². The third-order valence-electron chi connectivity index (χ3n) is 5.23. The Labute approximate surface area is 143 Å². The van der Waals surface area contributed by atoms with E-state index in [2.05, 4.69) is 75.0 Å². The van der Waals surface area contributed by atoms with Gasteiger partial charge in [0, 0.05) is 16.7 Å². The summed E-state index contributed by atoms with van der Waals surface area (Å²) < 4.78 is 0. The second-order valence-electron chi connectivity index (χ2n) is 7.01. The second kappa shape index (κ2) is 5.17. The maximum atomic E-state index is 4.77. The molecule has 0 fully saturated rings. The number of fused-ring (bicyclic) bond motifs is 3. The summed E-state index contributed by atoms with van der Waals surface area (Å²) in [5.41, 5.74) is 9.82. The summed E-state index contributed by atoms with van der Waals surface area (Å²) in [5, 5.41) is 0. The van der Waals surface area contributed by atoms with Crippen molar-refractivity contribution in [2.24, 2.45) is 0 Å². The van der Waals surface area contributed by atoms with Crippen LogP contribution in [0.4, 0.5) is 0 Å². The summed E-state index contributed by atoms with van der Waals surface area (Å²) in [6, 6.07) is 19.6. The normalized spacial score (nSPS) is 14.1. The first-order valence-electron chi connectivity index (χ1n) is 8.37. The molecule has 3 aromatic rings. The van der Waals surface area contributed by atoms with Gasteiger partial charge >= 0.3 is 0 Å². The first-order valence-corrected chi connectivity index (χ1v) is 8.37. The first kappa shape index (κ1) is 14.9. The molecule has 118 valence electrons. The summed E-state index contributed by atoms with van der Waals surface area (Å²) in [6.45, 7) is 10.5. The maximum absolute atomic E-state index is 4.77. The summed E-state index contributed by atoms with van der Waals surface area (Å²) in [6.07, 6.45) is 1.86. The molecular weight excluding hydrogens is 290 g/mol. The highest BCUT2D eigenvalue weighted by Crippen LogP contribution is 2.49. The Kier molecular flexibility index (Phi) is 3.21. The van der Waals surface area contributed by atoms with Gasteiger partial charge in [-0.1, -0.05) is 69.0 Å². The first-order chi connectivity index (χ1) is 11.5. The summed E-state index contributed by atoms with van der Waals surface area (Å²) >= 11 is 0. The Bertz CT molecular complexity index is 964. The van der Waals surface area contributed by atoms with Gasteiger partial charge in [-0.15, -0.1) is 0 Å². The number of rotatable bonds is 2. The molecule has 1 heteroatoms. The molecule has 24 heavy (non-hydrogen) atoms. The molecule has 0 saturated heterocycles. The van der Waals surface area contributed by atoms with Gasteiger partial charge in [-0.25, -0.2) is 0 Å². The van der Waals surface area contributed by atoms with Gasteiger partial charge in [0.2, 0.25) is 0 Å². The molecule has 0 bridgehead atoms. The average molecular weight is 311 g/mol. The Morgan fingerprint density at radius 2 is 1.67 bits per heavy atom. The zero-order valence-electron chi connectivity index (χ0n) is 14.4. The lowest BCUT2D eigenvalue weighted by atomic mass is 9.82. The second-order valence-corrected chi connectivity index (χ2v) is 7.01. The van der Waals surface area contributed by atoms with Crippen LogP contribution in [0.1, 0.15) is 36.2 Å². The van der Waals surface area contributed by atoms with Crippen LogP contribution in [0.15, 0.2) is 61.2 Å². The molecule has 0 aliphatic heterocycles. The molecule has 1 aromatic heterocycles. The number of hydrogen-bond donors (Lipinski definition) is 0. The fourth-order valence-corrected chi connectivity index (χ4v) is 3.81. The van der Waals surface area contributed by atoms with Crippen LogP contribution < -0.4 is 0 Å². The highest BCUT2D eigenvalue weighted by Gasteiger charge is 2.35. The molecule has 4 rings (SSSR count). The number of aromatic nitrogens is 1. The smallest absolute Gasteiger partial charge is 0.0705 e. The topological polar surface area (TPSA) is 12.9 Å². The standard InChI is InChI=1S/C23H21N/c1-5-16-11-13-22(24-15(16)2)17-10-12-19-18-8-6-7-9-20(18)23(3,4)21(19)14-17/h5-14H,1H2,2-4H3. The Balaban J connectivity index is 1.88. The predicted molar refractivity (Wildman–Crippen MR) is 102 cm³/mol. The van der Waals surface area contributed by atoms with E-state index >= 15 is 0 Å². The monoisotopic (exact) mass is 311 g/mol. The van der Waals surface area contributed by atoms with Gasteiger partial charge < -0.3 is 0 Å². The van der Waals surface area contributed by atoms with Gasteiger partial charge in [0.1, 0.15) is 0 Å². The van der Waals surface area contributed by atoms with Crippen LogP contribution in [-0.4, -0.2) is 4.98 Å². The van der Waals surface area contributed by atoms with Crippen molar-refractivity contribution in [2.45, 2.75) is 26.2 Å². The molecule has 1 nitrogen and oxygen atoms in total. The van der Waals surface area contributed by atoms with Gasteiger partial charge in [0.25, 0.3) is 0 Å². The van der Waals surface area contributed by atoms with Crippen LogP contribution in [0.3, 0.4) is 0 Å². The van der Waals surface area contributed by atoms with Crippen LogP contribution in [0, 0.1) is 6.92 Å². The Hall–Kier alpha value is -2.67. The molecule has 1 aliphatic rings. The van der Waals surface area contributed by atoms with Crippen molar-refractivity contribution in [1.29, 1.82) is 0 Å². The van der Waals surface area contributed by atoms with Crippen molar-refractivity contribution in [2.75, 3.05) is 0 Å². The van der Waals surface area contributed by atoms with Crippen molar-refractivity contribution in [3.63, 3.8) is 0 Å². The minimum Gasteiger partial charge on any atom is -0.253 e. The van der Waals surface area contributed by atoms with Crippen molar-refractivity contribution in [3.8, 4) is 22.4 Å². The third-order valence-corrected chi connectivity index (χ3v) is 5.23. The quantitative estimate of drug-likeness (QED) is 0.565. The number of pyridine rings is 1. The van der Waals surface area contributed by atoms with E-state index in [9.17, 15) is 0 Å². The lowest BCUT2D eigenvalue weighted by Gasteiger charge is -2.21. The molecule has 0 unspecified atom stereocenters.